The number of amides is 2. The Balaban J connectivity index is 0.948. The first-order valence-corrected chi connectivity index (χ1v) is 12.3. The molecule has 1 spiro atoms. The highest BCUT2D eigenvalue weighted by molar-refractivity contribution is 9.10. The Morgan fingerprint density at radius 3 is 2.37 bits per heavy atom. The Bertz CT molecular complexity index is 869. The molecule has 2 unspecified atom stereocenters. The van der Waals surface area contributed by atoms with Gasteiger partial charge in [0.1, 0.15) is 0 Å². The third-order valence-electron chi connectivity index (χ3n) is 9.37. The fraction of sp³-hybridized carbons (Fsp3) is 0.667. The third kappa shape index (κ3) is 2.56. The van der Waals surface area contributed by atoms with Gasteiger partial charge in [0.15, 0.2) is 0 Å². The van der Waals surface area contributed by atoms with E-state index >= 15 is 0 Å². The Morgan fingerprint density at radius 1 is 1.03 bits per heavy atom. The van der Waals surface area contributed by atoms with Crippen molar-refractivity contribution < 1.29 is 9.59 Å². The van der Waals surface area contributed by atoms with E-state index in [4.69, 9.17) is 0 Å². The molecule has 30 heavy (non-hydrogen) atoms. The smallest absolute Gasteiger partial charge is 0.242 e. The Hall–Kier alpha value is -1.40. The average molecular weight is 472 g/mol. The van der Waals surface area contributed by atoms with Gasteiger partial charge >= 0.3 is 0 Å². The molecule has 160 valence electrons. The molecule has 5 fully saturated rings. The third-order valence-corrected chi connectivity index (χ3v) is 10.1. The van der Waals surface area contributed by atoms with Gasteiger partial charge < -0.3 is 10.2 Å². The fourth-order valence-corrected chi connectivity index (χ4v) is 8.55. The second kappa shape index (κ2) is 6.80. The summed E-state index contributed by atoms with van der Waals surface area (Å²) in [6.45, 7) is 4.26. The minimum atomic E-state index is 0.0580. The second-order valence-corrected chi connectivity index (χ2v) is 11.2. The highest BCUT2D eigenvalue weighted by atomic mass is 79.9. The zero-order valence-electron chi connectivity index (χ0n) is 17.4. The number of nitrogens with one attached hydrogen (secondary N) is 1. The van der Waals surface area contributed by atoms with E-state index < -0.39 is 0 Å². The van der Waals surface area contributed by atoms with Crippen LogP contribution in [0.2, 0.25) is 0 Å². The van der Waals surface area contributed by atoms with Crippen LogP contribution in [0.25, 0.3) is 0 Å². The minimum absolute atomic E-state index is 0.0580. The molecule has 2 amide bonds. The first kappa shape index (κ1) is 19.3. The lowest BCUT2D eigenvalue weighted by Crippen LogP contribution is -2.85. The molecule has 0 radical (unpaired) electrons. The van der Waals surface area contributed by atoms with Gasteiger partial charge in [-0.2, -0.15) is 0 Å². The summed E-state index contributed by atoms with van der Waals surface area (Å²) < 4.78 is 1.14. The van der Waals surface area contributed by atoms with E-state index in [9.17, 15) is 9.59 Å². The van der Waals surface area contributed by atoms with Crippen LogP contribution < -0.4 is 5.32 Å². The molecule has 5 nitrogen and oxygen atoms in total. The molecule has 1 heterocycles. The second-order valence-electron chi connectivity index (χ2n) is 10.4. The van der Waals surface area contributed by atoms with E-state index in [2.05, 4.69) is 44.3 Å². The molecule has 4 saturated carbocycles. The summed E-state index contributed by atoms with van der Waals surface area (Å²) in [4.78, 5) is 29.5. The van der Waals surface area contributed by atoms with Crippen LogP contribution in [0.5, 0.6) is 0 Å². The van der Waals surface area contributed by atoms with Crippen LogP contribution in [-0.4, -0.2) is 54.3 Å². The van der Waals surface area contributed by atoms with E-state index in [0.717, 1.165) is 55.0 Å². The summed E-state index contributed by atoms with van der Waals surface area (Å²) in [6, 6.07) is 8.30. The maximum Gasteiger partial charge on any atom is 0.242 e. The van der Waals surface area contributed by atoms with E-state index in [1.807, 2.05) is 11.0 Å². The Morgan fingerprint density at radius 2 is 1.73 bits per heavy atom. The molecule has 1 saturated heterocycles. The van der Waals surface area contributed by atoms with Crippen LogP contribution in [0.3, 0.4) is 0 Å². The highest BCUT2D eigenvalue weighted by Gasteiger charge is 2.87. The van der Waals surface area contributed by atoms with Gasteiger partial charge in [0.05, 0.1) is 6.54 Å². The van der Waals surface area contributed by atoms with Crippen molar-refractivity contribution in [1.29, 1.82) is 0 Å². The normalized spacial score (nSPS) is 38.2. The average Bonchev–Trinajstić information content (AvgIpc) is 2.69. The van der Waals surface area contributed by atoms with Gasteiger partial charge in [0, 0.05) is 43.6 Å². The largest absolute Gasteiger partial charge is 0.347 e. The summed E-state index contributed by atoms with van der Waals surface area (Å²) in [7, 11) is 0. The summed E-state index contributed by atoms with van der Waals surface area (Å²) in [5.74, 6) is 2.94. The topological polar surface area (TPSA) is 52.7 Å². The van der Waals surface area contributed by atoms with E-state index in [1.54, 1.807) is 0 Å². The standard InChI is InChI=1S/C24H30BrN3O2/c25-20-4-2-1-3-16(20)15-27-5-7-28(8-6-27)22(30)14-26-21(29)13-23-11-18-9-17-10-19(12-23)24(17,18)23/h1-4,17-19H,5-15H2,(H,26,29). The zero-order chi connectivity index (χ0) is 20.5. The Labute approximate surface area is 186 Å². The summed E-state index contributed by atoms with van der Waals surface area (Å²) in [6.07, 6.45) is 6.03. The number of halogens is 1. The van der Waals surface area contributed by atoms with Crippen LogP contribution >= 0.6 is 15.9 Å². The van der Waals surface area contributed by atoms with Crippen molar-refractivity contribution in [3.05, 3.63) is 34.3 Å². The van der Waals surface area contributed by atoms with Crippen LogP contribution in [0.4, 0.5) is 0 Å². The van der Waals surface area contributed by atoms with Crippen molar-refractivity contribution in [2.75, 3.05) is 32.7 Å². The number of hydrogen-bond acceptors (Lipinski definition) is 3. The number of carbonyl (C=O) groups excluding carboxylic acids is 2. The molecule has 1 aliphatic heterocycles. The molecule has 1 aromatic carbocycles. The molecule has 5 aliphatic rings. The monoisotopic (exact) mass is 471 g/mol. The van der Waals surface area contributed by atoms with E-state index in [-0.39, 0.29) is 18.4 Å². The van der Waals surface area contributed by atoms with Crippen molar-refractivity contribution in [2.45, 2.75) is 38.6 Å². The van der Waals surface area contributed by atoms with E-state index in [0.29, 0.717) is 17.3 Å². The lowest BCUT2D eigenvalue weighted by Gasteiger charge is -2.91. The number of nitrogens with zero attached hydrogens (tertiary/aromatic N) is 2. The van der Waals surface area contributed by atoms with Gasteiger partial charge in [0.25, 0.3) is 0 Å². The number of carbonyl (C=O) groups is 2. The molecule has 6 rings (SSSR count). The van der Waals surface area contributed by atoms with Crippen LogP contribution in [0.1, 0.15) is 37.7 Å². The van der Waals surface area contributed by atoms with Crippen LogP contribution in [-0.2, 0) is 16.1 Å². The number of benzene rings is 1. The van der Waals surface area contributed by atoms with Crippen molar-refractivity contribution >= 4 is 27.7 Å². The highest BCUT2D eigenvalue weighted by Crippen LogP contribution is 2.93. The van der Waals surface area contributed by atoms with Gasteiger partial charge in [-0.1, -0.05) is 34.1 Å². The predicted molar refractivity (Wildman–Crippen MR) is 117 cm³/mol. The van der Waals surface area contributed by atoms with E-state index in [1.165, 1.54) is 31.2 Å². The molecule has 1 N–H and O–H groups in total. The molecule has 0 bridgehead atoms. The molecular formula is C24H30BrN3O2. The van der Waals surface area contributed by atoms with Crippen molar-refractivity contribution in [2.24, 2.45) is 28.6 Å². The van der Waals surface area contributed by atoms with Crippen LogP contribution in [0, 0.1) is 28.6 Å². The molecule has 2 atom stereocenters. The lowest BCUT2D eigenvalue weighted by molar-refractivity contribution is -0.430. The summed E-state index contributed by atoms with van der Waals surface area (Å²) >= 11 is 3.61. The first-order chi connectivity index (χ1) is 14.5. The molecule has 0 aromatic heterocycles. The minimum Gasteiger partial charge on any atom is -0.347 e. The van der Waals surface area contributed by atoms with Gasteiger partial charge in [-0.15, -0.1) is 0 Å². The predicted octanol–water partition coefficient (Wildman–Crippen LogP) is 3.04. The molecular weight excluding hydrogens is 442 g/mol. The summed E-state index contributed by atoms with van der Waals surface area (Å²) in [5, 5.41) is 2.95. The summed E-state index contributed by atoms with van der Waals surface area (Å²) in [5.41, 5.74) is 2.17. The molecule has 4 aliphatic carbocycles. The van der Waals surface area contributed by atoms with Gasteiger partial charge in [-0.3, -0.25) is 14.5 Å². The maximum absolute atomic E-state index is 12.6. The van der Waals surface area contributed by atoms with Crippen molar-refractivity contribution in [1.82, 2.24) is 15.1 Å². The Kier molecular flexibility index (Phi) is 4.37. The first-order valence-electron chi connectivity index (χ1n) is 11.5. The van der Waals surface area contributed by atoms with Gasteiger partial charge in [0.2, 0.25) is 11.8 Å². The van der Waals surface area contributed by atoms with Gasteiger partial charge in [-0.25, -0.2) is 0 Å². The SMILES string of the molecule is O=C(CC12CC3CC4CC(C1)C432)NCC(=O)N1CCN(Cc2ccccc2Br)CC1. The maximum atomic E-state index is 12.6. The number of rotatable bonds is 6. The molecule has 6 heteroatoms. The fourth-order valence-electron chi connectivity index (χ4n) is 8.14. The van der Waals surface area contributed by atoms with Crippen molar-refractivity contribution in [3.63, 3.8) is 0 Å². The van der Waals surface area contributed by atoms with Crippen molar-refractivity contribution in [3.8, 4) is 0 Å². The quantitative estimate of drug-likeness (QED) is 0.693. The number of piperazine rings is 1. The lowest BCUT2D eigenvalue weighted by atomic mass is 9.13. The molecule has 1 aromatic rings. The number of hydrogen-bond donors (Lipinski definition) is 1. The zero-order valence-corrected chi connectivity index (χ0v) is 19.0. The van der Waals surface area contributed by atoms with Crippen LogP contribution in [0.15, 0.2) is 28.7 Å². The van der Waals surface area contributed by atoms with Gasteiger partial charge in [-0.05, 0) is 65.9 Å².